The first kappa shape index (κ1) is 12.8. The predicted molar refractivity (Wildman–Crippen MR) is 67.8 cm³/mol. The summed E-state index contributed by atoms with van der Waals surface area (Å²) in [4.78, 5) is 8.23. The average molecular weight is 286 g/mol. The summed E-state index contributed by atoms with van der Waals surface area (Å²) in [5.74, 6) is 0. The Morgan fingerprint density at radius 3 is 3.05 bits per heavy atom. The van der Waals surface area contributed by atoms with Crippen LogP contribution in [-0.4, -0.2) is 38.5 Å². The van der Waals surface area contributed by atoms with Crippen LogP contribution in [0.15, 0.2) is 12.5 Å². The topological polar surface area (TPSA) is 60.2 Å². The summed E-state index contributed by atoms with van der Waals surface area (Å²) in [5.41, 5.74) is 1.28. The summed E-state index contributed by atoms with van der Waals surface area (Å²) in [6.45, 7) is 1.62. The van der Waals surface area contributed by atoms with Crippen LogP contribution in [0, 0.1) is 6.92 Å². The minimum atomic E-state index is -1.20. The second-order valence-corrected chi connectivity index (χ2v) is 5.03. The van der Waals surface area contributed by atoms with Crippen LogP contribution in [0.1, 0.15) is 18.3 Å². The normalized spacial score (nSPS) is 27.3. The van der Waals surface area contributed by atoms with Crippen molar-refractivity contribution in [2.45, 2.75) is 31.8 Å². The Labute approximate surface area is 114 Å². The Morgan fingerprint density at radius 1 is 1.58 bits per heavy atom. The van der Waals surface area contributed by atoms with Gasteiger partial charge in [-0.1, -0.05) is 11.6 Å². The maximum atomic E-state index is 14.0. The highest BCUT2D eigenvalue weighted by Crippen LogP contribution is 2.36. The quantitative estimate of drug-likeness (QED) is 0.917. The number of aryl methyl sites for hydroxylation is 1. The van der Waals surface area contributed by atoms with Crippen LogP contribution < -0.4 is 0 Å². The van der Waals surface area contributed by atoms with Crippen molar-refractivity contribution in [2.24, 2.45) is 0 Å². The number of ether oxygens (including phenoxy) is 1. The van der Waals surface area contributed by atoms with E-state index in [0.717, 1.165) is 5.69 Å². The lowest BCUT2D eigenvalue weighted by Gasteiger charge is -2.16. The summed E-state index contributed by atoms with van der Waals surface area (Å²) in [6.07, 6.45) is 0.698. The first-order chi connectivity index (χ1) is 9.11. The Kier molecular flexibility index (Phi) is 3.16. The van der Waals surface area contributed by atoms with Crippen molar-refractivity contribution in [1.82, 2.24) is 14.5 Å². The SMILES string of the molecule is Cc1ncnc2c1c(Cl)cn2C1OC(CO)CC1F. The zero-order valence-electron chi connectivity index (χ0n) is 10.3. The first-order valence-corrected chi connectivity index (χ1v) is 6.37. The smallest absolute Gasteiger partial charge is 0.167 e. The molecule has 0 radical (unpaired) electrons. The molecule has 3 atom stereocenters. The molecule has 1 aliphatic rings. The van der Waals surface area contributed by atoms with Gasteiger partial charge in [0.05, 0.1) is 28.8 Å². The average Bonchev–Trinajstić information content (AvgIpc) is 2.91. The molecule has 3 heterocycles. The number of nitrogens with zero attached hydrogens (tertiary/aromatic N) is 3. The second kappa shape index (κ2) is 4.70. The van der Waals surface area contributed by atoms with Gasteiger partial charge in [0.25, 0.3) is 0 Å². The molecule has 2 aromatic rings. The molecule has 3 unspecified atom stereocenters. The Morgan fingerprint density at radius 2 is 2.37 bits per heavy atom. The van der Waals surface area contributed by atoms with Crippen molar-refractivity contribution in [1.29, 1.82) is 0 Å². The number of hydrogen-bond donors (Lipinski definition) is 1. The second-order valence-electron chi connectivity index (χ2n) is 4.62. The molecule has 7 heteroatoms. The Balaban J connectivity index is 2.09. The number of hydrogen-bond acceptors (Lipinski definition) is 4. The maximum Gasteiger partial charge on any atom is 0.167 e. The fourth-order valence-electron chi connectivity index (χ4n) is 2.44. The third kappa shape index (κ3) is 2.00. The number of halogens is 2. The molecule has 0 bridgehead atoms. The zero-order chi connectivity index (χ0) is 13.6. The third-order valence-corrected chi connectivity index (χ3v) is 3.65. The van der Waals surface area contributed by atoms with E-state index in [1.807, 2.05) is 6.92 Å². The van der Waals surface area contributed by atoms with Gasteiger partial charge in [-0.25, -0.2) is 14.4 Å². The molecule has 0 amide bonds. The van der Waals surface area contributed by atoms with Crippen LogP contribution >= 0.6 is 11.6 Å². The first-order valence-electron chi connectivity index (χ1n) is 6.00. The minimum absolute atomic E-state index is 0.169. The van der Waals surface area contributed by atoms with E-state index in [1.165, 1.54) is 6.33 Å². The van der Waals surface area contributed by atoms with Crippen LogP contribution in [0.4, 0.5) is 4.39 Å². The molecule has 5 nitrogen and oxygen atoms in total. The lowest BCUT2D eigenvalue weighted by atomic mass is 10.2. The van der Waals surface area contributed by atoms with E-state index in [-0.39, 0.29) is 13.0 Å². The van der Waals surface area contributed by atoms with E-state index in [0.29, 0.717) is 16.1 Å². The molecule has 0 spiro atoms. The van der Waals surface area contributed by atoms with Crippen LogP contribution in [0.2, 0.25) is 5.02 Å². The molecular formula is C12H13ClFN3O2. The number of fused-ring (bicyclic) bond motifs is 1. The fraction of sp³-hybridized carbons (Fsp3) is 0.500. The van der Waals surface area contributed by atoms with Crippen molar-refractivity contribution in [3.8, 4) is 0 Å². The highest BCUT2D eigenvalue weighted by molar-refractivity contribution is 6.35. The molecule has 1 aliphatic heterocycles. The highest BCUT2D eigenvalue weighted by Gasteiger charge is 2.37. The van der Waals surface area contributed by atoms with Gasteiger partial charge in [-0.15, -0.1) is 0 Å². The molecule has 0 aliphatic carbocycles. The summed E-state index contributed by atoms with van der Waals surface area (Å²) in [5, 5.41) is 10.2. The number of aliphatic hydroxyl groups excluding tert-OH is 1. The zero-order valence-corrected chi connectivity index (χ0v) is 11.0. The van der Waals surface area contributed by atoms with E-state index in [4.69, 9.17) is 21.4 Å². The molecule has 1 N–H and O–H groups in total. The summed E-state index contributed by atoms with van der Waals surface area (Å²) in [6, 6.07) is 0. The van der Waals surface area contributed by atoms with Crippen LogP contribution in [0.3, 0.4) is 0 Å². The van der Waals surface area contributed by atoms with E-state index in [1.54, 1.807) is 10.8 Å². The molecule has 1 saturated heterocycles. The minimum Gasteiger partial charge on any atom is -0.394 e. The van der Waals surface area contributed by atoms with Gasteiger partial charge in [-0.05, 0) is 6.92 Å². The Hall–Kier alpha value is -1.24. The molecule has 0 saturated carbocycles. The van der Waals surface area contributed by atoms with Gasteiger partial charge in [-0.3, -0.25) is 0 Å². The van der Waals surface area contributed by atoms with Gasteiger partial charge >= 0.3 is 0 Å². The molecule has 102 valence electrons. The third-order valence-electron chi connectivity index (χ3n) is 3.36. The fourth-order valence-corrected chi connectivity index (χ4v) is 2.77. The Bertz CT molecular complexity index is 618. The number of aliphatic hydroxyl groups is 1. The van der Waals surface area contributed by atoms with Gasteiger partial charge in [-0.2, -0.15) is 0 Å². The largest absolute Gasteiger partial charge is 0.394 e. The lowest BCUT2D eigenvalue weighted by Crippen LogP contribution is -2.16. The van der Waals surface area contributed by atoms with E-state index in [9.17, 15) is 4.39 Å². The summed E-state index contributed by atoms with van der Waals surface area (Å²) in [7, 11) is 0. The van der Waals surface area contributed by atoms with Crippen molar-refractivity contribution in [3.63, 3.8) is 0 Å². The van der Waals surface area contributed by atoms with Gasteiger partial charge in [0, 0.05) is 12.6 Å². The molecule has 1 fully saturated rings. The molecule has 19 heavy (non-hydrogen) atoms. The molecular weight excluding hydrogens is 273 g/mol. The van der Waals surface area contributed by atoms with Gasteiger partial charge < -0.3 is 14.4 Å². The molecule has 3 rings (SSSR count). The highest BCUT2D eigenvalue weighted by atomic mass is 35.5. The lowest BCUT2D eigenvalue weighted by molar-refractivity contribution is -0.0348. The maximum absolute atomic E-state index is 14.0. The van der Waals surface area contributed by atoms with Crippen LogP contribution in [0.25, 0.3) is 11.0 Å². The monoisotopic (exact) mass is 285 g/mol. The van der Waals surface area contributed by atoms with E-state index >= 15 is 0 Å². The van der Waals surface area contributed by atoms with E-state index in [2.05, 4.69) is 9.97 Å². The number of rotatable bonds is 2. The van der Waals surface area contributed by atoms with Crippen molar-refractivity contribution in [2.75, 3.05) is 6.61 Å². The summed E-state index contributed by atoms with van der Waals surface area (Å²) >= 11 is 6.15. The van der Waals surface area contributed by atoms with Crippen LogP contribution in [-0.2, 0) is 4.74 Å². The number of aromatic nitrogens is 3. The van der Waals surface area contributed by atoms with Crippen LogP contribution in [0.5, 0.6) is 0 Å². The van der Waals surface area contributed by atoms with Gasteiger partial charge in [0.1, 0.15) is 18.1 Å². The molecule has 0 aromatic carbocycles. The van der Waals surface area contributed by atoms with Gasteiger partial charge in [0.15, 0.2) is 6.23 Å². The predicted octanol–water partition coefficient (Wildman–Crippen LogP) is 2.01. The van der Waals surface area contributed by atoms with Crippen molar-refractivity contribution >= 4 is 22.6 Å². The van der Waals surface area contributed by atoms with Crippen molar-refractivity contribution in [3.05, 3.63) is 23.2 Å². The molecule has 2 aromatic heterocycles. The van der Waals surface area contributed by atoms with Gasteiger partial charge in [0.2, 0.25) is 0 Å². The van der Waals surface area contributed by atoms with Crippen molar-refractivity contribution < 1.29 is 14.2 Å². The van der Waals surface area contributed by atoms with E-state index < -0.39 is 18.5 Å². The standard InChI is InChI=1S/C12H13ClFN3O2/c1-6-10-8(13)3-17(11(10)16-5-15-6)12-9(14)2-7(4-18)19-12/h3,5,7,9,12,18H,2,4H2,1H3. The number of alkyl halides is 1. The summed E-state index contributed by atoms with van der Waals surface area (Å²) < 4.78 is 21.1.